The predicted molar refractivity (Wildman–Crippen MR) is 47.3 cm³/mol. The van der Waals surface area contributed by atoms with Gasteiger partial charge in [-0.05, 0) is 12.1 Å². The average molecular weight is 193 g/mol. The molecule has 0 bridgehead atoms. The molecule has 0 N–H and O–H groups in total. The van der Waals surface area contributed by atoms with Crippen LogP contribution >= 0.6 is 0 Å². The molecule has 2 rings (SSSR count). The van der Waals surface area contributed by atoms with Crippen molar-refractivity contribution in [3.8, 4) is 6.07 Å². The Kier molecular flexibility index (Phi) is 2.82. The van der Waals surface area contributed by atoms with Crippen molar-refractivity contribution in [1.29, 1.82) is 5.26 Å². The summed E-state index contributed by atoms with van der Waals surface area (Å²) in [6.45, 7) is 0.499. The van der Waals surface area contributed by atoms with Gasteiger partial charge in [0.25, 0.3) is 0 Å². The Morgan fingerprint density at radius 3 is 3.21 bits per heavy atom. The Morgan fingerprint density at radius 1 is 1.57 bits per heavy atom. The van der Waals surface area contributed by atoms with Crippen molar-refractivity contribution >= 4 is 0 Å². The second-order valence-corrected chi connectivity index (χ2v) is 3.17. The van der Waals surface area contributed by atoms with Crippen molar-refractivity contribution in [2.75, 3.05) is 6.61 Å². The first-order valence-corrected chi connectivity index (χ1v) is 4.55. The fourth-order valence-electron chi connectivity index (χ4n) is 1.42. The van der Waals surface area contributed by atoms with E-state index in [2.05, 4.69) is 6.07 Å². The molecule has 4 nitrogen and oxygen atoms in total. The molecule has 0 aliphatic carbocycles. The third-order valence-electron chi connectivity index (χ3n) is 2.08. The smallest absolute Gasteiger partial charge is 0.165 e. The second kappa shape index (κ2) is 4.27. The summed E-state index contributed by atoms with van der Waals surface area (Å²) >= 11 is 0. The van der Waals surface area contributed by atoms with Gasteiger partial charge in [0.15, 0.2) is 6.29 Å². The van der Waals surface area contributed by atoms with Gasteiger partial charge in [0, 0.05) is 0 Å². The van der Waals surface area contributed by atoms with Crippen LogP contribution in [0.3, 0.4) is 0 Å². The zero-order valence-electron chi connectivity index (χ0n) is 7.68. The third-order valence-corrected chi connectivity index (χ3v) is 2.08. The first kappa shape index (κ1) is 9.25. The molecule has 74 valence electrons. The molecule has 1 aromatic heterocycles. The molecular weight excluding hydrogens is 182 g/mol. The van der Waals surface area contributed by atoms with E-state index >= 15 is 0 Å². The normalized spacial score (nSPS) is 26.2. The Hall–Kier alpha value is -1.31. The zero-order chi connectivity index (χ0) is 9.80. The monoisotopic (exact) mass is 193 g/mol. The third kappa shape index (κ3) is 2.13. The minimum atomic E-state index is -0.264. The Labute approximate surface area is 82.0 Å². The SMILES string of the molecule is N#CCC1COC(Cc2ccco2)O1. The van der Waals surface area contributed by atoms with E-state index < -0.39 is 0 Å². The van der Waals surface area contributed by atoms with Gasteiger partial charge < -0.3 is 13.9 Å². The molecule has 1 saturated heterocycles. The number of rotatable bonds is 3. The van der Waals surface area contributed by atoms with Gasteiger partial charge in [0.1, 0.15) is 5.76 Å². The van der Waals surface area contributed by atoms with Crippen molar-refractivity contribution < 1.29 is 13.9 Å². The average Bonchev–Trinajstić information content (AvgIpc) is 2.79. The topological polar surface area (TPSA) is 55.4 Å². The summed E-state index contributed by atoms with van der Waals surface area (Å²) in [4.78, 5) is 0. The molecule has 2 atom stereocenters. The molecular formula is C10H11NO3. The van der Waals surface area contributed by atoms with E-state index in [9.17, 15) is 0 Å². The molecule has 0 saturated carbocycles. The highest BCUT2D eigenvalue weighted by molar-refractivity contribution is 4.99. The number of hydrogen-bond acceptors (Lipinski definition) is 4. The van der Waals surface area contributed by atoms with E-state index in [1.807, 2.05) is 12.1 Å². The van der Waals surface area contributed by atoms with Crippen LogP contribution in [-0.4, -0.2) is 19.0 Å². The lowest BCUT2D eigenvalue weighted by atomic mass is 10.3. The van der Waals surface area contributed by atoms with Gasteiger partial charge in [0.05, 0.1) is 37.9 Å². The zero-order valence-corrected chi connectivity index (χ0v) is 7.68. The van der Waals surface area contributed by atoms with Crippen LogP contribution in [0.25, 0.3) is 0 Å². The van der Waals surface area contributed by atoms with Crippen molar-refractivity contribution in [2.24, 2.45) is 0 Å². The van der Waals surface area contributed by atoms with Crippen LogP contribution < -0.4 is 0 Å². The Morgan fingerprint density at radius 2 is 2.50 bits per heavy atom. The molecule has 1 aliphatic heterocycles. The van der Waals surface area contributed by atoms with Crippen LogP contribution in [0.5, 0.6) is 0 Å². The Bertz CT molecular complexity index is 315. The molecule has 2 heterocycles. The molecule has 1 aromatic rings. The molecule has 14 heavy (non-hydrogen) atoms. The summed E-state index contributed by atoms with van der Waals surface area (Å²) in [5.74, 6) is 0.840. The summed E-state index contributed by atoms with van der Waals surface area (Å²) in [5.41, 5.74) is 0. The van der Waals surface area contributed by atoms with E-state index in [0.29, 0.717) is 19.4 Å². The number of hydrogen-bond donors (Lipinski definition) is 0. The number of furan rings is 1. The molecule has 0 aromatic carbocycles. The van der Waals surface area contributed by atoms with E-state index in [1.165, 1.54) is 0 Å². The lowest BCUT2D eigenvalue weighted by Gasteiger charge is -2.07. The number of ether oxygens (including phenoxy) is 2. The van der Waals surface area contributed by atoms with E-state index in [-0.39, 0.29) is 12.4 Å². The van der Waals surface area contributed by atoms with E-state index in [4.69, 9.17) is 19.2 Å². The molecule has 4 heteroatoms. The maximum atomic E-state index is 8.47. The minimum Gasteiger partial charge on any atom is -0.469 e. The highest BCUT2D eigenvalue weighted by atomic mass is 16.7. The first-order valence-electron chi connectivity index (χ1n) is 4.55. The maximum absolute atomic E-state index is 8.47. The van der Waals surface area contributed by atoms with Gasteiger partial charge in [-0.1, -0.05) is 0 Å². The molecule has 1 aliphatic rings. The quantitative estimate of drug-likeness (QED) is 0.729. The van der Waals surface area contributed by atoms with Gasteiger partial charge in [0.2, 0.25) is 0 Å². The van der Waals surface area contributed by atoms with Crippen molar-refractivity contribution in [3.05, 3.63) is 24.2 Å². The van der Waals surface area contributed by atoms with Crippen LogP contribution in [-0.2, 0) is 15.9 Å². The summed E-state index contributed by atoms with van der Waals surface area (Å²) < 4.78 is 16.0. The van der Waals surface area contributed by atoms with Crippen LogP contribution in [0.15, 0.2) is 22.8 Å². The van der Waals surface area contributed by atoms with Gasteiger partial charge in [-0.3, -0.25) is 0 Å². The van der Waals surface area contributed by atoms with Crippen LogP contribution in [0, 0.1) is 11.3 Å². The van der Waals surface area contributed by atoms with E-state index in [1.54, 1.807) is 6.26 Å². The predicted octanol–water partition coefficient (Wildman–Crippen LogP) is 1.48. The first-order chi connectivity index (χ1) is 6.88. The van der Waals surface area contributed by atoms with Gasteiger partial charge in [-0.2, -0.15) is 5.26 Å². The summed E-state index contributed by atoms with van der Waals surface area (Å²) in [5, 5.41) is 8.47. The van der Waals surface area contributed by atoms with Crippen molar-refractivity contribution in [1.82, 2.24) is 0 Å². The molecule has 0 amide bonds. The van der Waals surface area contributed by atoms with Crippen LogP contribution in [0.1, 0.15) is 12.2 Å². The van der Waals surface area contributed by atoms with Crippen LogP contribution in [0.2, 0.25) is 0 Å². The van der Waals surface area contributed by atoms with Gasteiger partial charge in [-0.25, -0.2) is 0 Å². The minimum absolute atomic E-state index is 0.0834. The largest absolute Gasteiger partial charge is 0.469 e. The van der Waals surface area contributed by atoms with Crippen molar-refractivity contribution in [2.45, 2.75) is 25.2 Å². The lowest BCUT2D eigenvalue weighted by molar-refractivity contribution is -0.0576. The summed E-state index contributed by atoms with van der Waals surface area (Å²) in [6, 6.07) is 5.77. The highest BCUT2D eigenvalue weighted by Gasteiger charge is 2.26. The standard InChI is InChI=1S/C10H11NO3/c11-4-3-9-7-13-10(14-9)6-8-2-1-5-12-8/h1-2,5,9-10H,3,6-7H2. The van der Waals surface area contributed by atoms with Crippen molar-refractivity contribution in [3.63, 3.8) is 0 Å². The fourth-order valence-corrected chi connectivity index (χ4v) is 1.42. The molecule has 2 unspecified atom stereocenters. The number of nitriles is 1. The van der Waals surface area contributed by atoms with Gasteiger partial charge >= 0.3 is 0 Å². The summed E-state index contributed by atoms with van der Waals surface area (Å²) in [6.07, 6.45) is 2.26. The second-order valence-electron chi connectivity index (χ2n) is 3.17. The molecule has 0 spiro atoms. The maximum Gasteiger partial charge on any atom is 0.165 e. The summed E-state index contributed by atoms with van der Waals surface area (Å²) in [7, 11) is 0. The number of nitrogens with zero attached hydrogens (tertiary/aromatic N) is 1. The highest BCUT2D eigenvalue weighted by Crippen LogP contribution is 2.18. The fraction of sp³-hybridized carbons (Fsp3) is 0.500. The Balaban J connectivity index is 1.82. The lowest BCUT2D eigenvalue weighted by Crippen LogP contribution is -2.13. The molecule has 1 fully saturated rings. The molecule has 0 radical (unpaired) electrons. The van der Waals surface area contributed by atoms with Gasteiger partial charge in [-0.15, -0.1) is 0 Å². The van der Waals surface area contributed by atoms with E-state index in [0.717, 1.165) is 5.76 Å². The van der Waals surface area contributed by atoms with Crippen LogP contribution in [0.4, 0.5) is 0 Å².